The molecule has 3 aromatic heterocycles. The highest BCUT2D eigenvalue weighted by molar-refractivity contribution is 6.07. The van der Waals surface area contributed by atoms with Crippen LogP contribution in [0.5, 0.6) is 11.5 Å². The number of nitrogens with one attached hydrogen (secondary N) is 1. The molecule has 0 saturated carbocycles. The number of carbonyl (C=O) groups is 2. The minimum atomic E-state index is -0.502. The molecule has 1 aliphatic rings. The standard InChI is InChI=1S/C25H26N4O5/c1-13-9-16(30)11-28(13)25(32)19-12-29-23(14(19)2)20(7-8-27-29)34-17-5-6-18-21(10-17)33-15(3)22(18)24(31)26-4/h5-8,10,12-13,16,30H,9,11H2,1-4H3,(H,26,31)/t13-,16+/m1/s1. The predicted octanol–water partition coefficient (Wildman–Crippen LogP) is 3.44. The number of rotatable bonds is 4. The van der Waals surface area contributed by atoms with Gasteiger partial charge in [-0.05, 0) is 44.9 Å². The summed E-state index contributed by atoms with van der Waals surface area (Å²) in [5.41, 5.74) is 3.00. The molecule has 2 N–H and O–H groups in total. The first kappa shape index (κ1) is 22.0. The van der Waals surface area contributed by atoms with Crippen molar-refractivity contribution in [1.82, 2.24) is 19.8 Å². The molecule has 0 bridgehead atoms. The van der Waals surface area contributed by atoms with Crippen LogP contribution in [-0.4, -0.2) is 57.2 Å². The second-order valence-electron chi connectivity index (χ2n) is 8.72. The molecule has 1 aliphatic heterocycles. The number of aliphatic hydroxyl groups is 1. The van der Waals surface area contributed by atoms with Crippen molar-refractivity contribution in [2.24, 2.45) is 0 Å². The summed E-state index contributed by atoms with van der Waals surface area (Å²) in [4.78, 5) is 27.1. The van der Waals surface area contributed by atoms with E-state index in [4.69, 9.17) is 9.15 Å². The van der Waals surface area contributed by atoms with Crippen molar-refractivity contribution in [2.45, 2.75) is 39.3 Å². The average molecular weight is 463 g/mol. The summed E-state index contributed by atoms with van der Waals surface area (Å²) >= 11 is 0. The normalized spacial score (nSPS) is 18.1. The summed E-state index contributed by atoms with van der Waals surface area (Å²) in [6.45, 7) is 5.88. The van der Waals surface area contributed by atoms with Crippen LogP contribution >= 0.6 is 0 Å². The number of aromatic nitrogens is 2. The number of amides is 2. The fourth-order valence-corrected chi connectivity index (χ4v) is 4.76. The van der Waals surface area contributed by atoms with Gasteiger partial charge in [-0.3, -0.25) is 9.59 Å². The summed E-state index contributed by atoms with van der Waals surface area (Å²) in [5.74, 6) is 1.26. The van der Waals surface area contributed by atoms with Gasteiger partial charge in [-0.25, -0.2) is 4.52 Å². The fraction of sp³-hybridized carbons (Fsp3) is 0.320. The molecular formula is C25H26N4O5. The minimum absolute atomic E-state index is 0.0308. The molecule has 4 heterocycles. The monoisotopic (exact) mass is 462 g/mol. The average Bonchev–Trinajstić information content (AvgIpc) is 3.44. The molecule has 2 amide bonds. The van der Waals surface area contributed by atoms with Crippen LogP contribution in [0.25, 0.3) is 16.5 Å². The van der Waals surface area contributed by atoms with E-state index in [9.17, 15) is 14.7 Å². The van der Waals surface area contributed by atoms with Gasteiger partial charge in [0.25, 0.3) is 11.8 Å². The Hall–Kier alpha value is -3.85. The van der Waals surface area contributed by atoms with E-state index in [2.05, 4.69) is 10.4 Å². The number of hydrogen-bond acceptors (Lipinski definition) is 6. The summed E-state index contributed by atoms with van der Waals surface area (Å²) in [5, 5.41) is 17.7. The van der Waals surface area contributed by atoms with E-state index in [0.29, 0.717) is 57.8 Å². The Kier molecular flexibility index (Phi) is 5.28. The molecule has 4 aromatic rings. The topological polar surface area (TPSA) is 109 Å². The molecule has 9 nitrogen and oxygen atoms in total. The molecule has 0 unspecified atom stereocenters. The second-order valence-corrected chi connectivity index (χ2v) is 8.72. The molecule has 0 radical (unpaired) electrons. The third-order valence-corrected chi connectivity index (χ3v) is 6.45. The Bertz CT molecular complexity index is 1440. The molecule has 2 atom stereocenters. The van der Waals surface area contributed by atoms with Gasteiger partial charge in [-0.15, -0.1) is 0 Å². The van der Waals surface area contributed by atoms with Crippen molar-refractivity contribution in [1.29, 1.82) is 0 Å². The number of nitrogens with zero attached hydrogens (tertiary/aromatic N) is 3. The quantitative estimate of drug-likeness (QED) is 0.481. The van der Waals surface area contributed by atoms with Crippen LogP contribution in [-0.2, 0) is 0 Å². The smallest absolute Gasteiger partial charge is 0.256 e. The number of β-amino-alcohol motifs (C(OH)–C–C–N with tert-alkyl or cyclic N) is 1. The van der Waals surface area contributed by atoms with Gasteiger partial charge in [0.1, 0.15) is 22.6 Å². The first-order valence-electron chi connectivity index (χ1n) is 11.2. The zero-order valence-corrected chi connectivity index (χ0v) is 19.5. The molecule has 9 heteroatoms. The Morgan fingerprint density at radius 3 is 2.76 bits per heavy atom. The van der Waals surface area contributed by atoms with Crippen molar-refractivity contribution in [3.05, 3.63) is 59.1 Å². The molecule has 0 spiro atoms. The van der Waals surface area contributed by atoms with Crippen LogP contribution in [0.2, 0.25) is 0 Å². The van der Waals surface area contributed by atoms with E-state index in [1.807, 2.05) is 13.8 Å². The zero-order chi connectivity index (χ0) is 24.1. The predicted molar refractivity (Wildman–Crippen MR) is 125 cm³/mol. The molecule has 34 heavy (non-hydrogen) atoms. The third-order valence-electron chi connectivity index (χ3n) is 6.45. The van der Waals surface area contributed by atoms with E-state index >= 15 is 0 Å². The number of fused-ring (bicyclic) bond motifs is 2. The minimum Gasteiger partial charge on any atom is -0.460 e. The number of likely N-dealkylation sites (tertiary alicyclic amines) is 1. The lowest BCUT2D eigenvalue weighted by Crippen LogP contribution is -2.34. The molecule has 0 aliphatic carbocycles. The lowest BCUT2D eigenvalue weighted by molar-refractivity contribution is 0.0725. The number of aliphatic hydroxyl groups excluding tert-OH is 1. The van der Waals surface area contributed by atoms with Gasteiger partial charge >= 0.3 is 0 Å². The van der Waals surface area contributed by atoms with Gasteiger partial charge in [0.05, 0.1) is 23.4 Å². The fourth-order valence-electron chi connectivity index (χ4n) is 4.76. The lowest BCUT2D eigenvalue weighted by atomic mass is 10.1. The van der Waals surface area contributed by atoms with Crippen molar-refractivity contribution in [3.8, 4) is 11.5 Å². The van der Waals surface area contributed by atoms with Crippen molar-refractivity contribution in [3.63, 3.8) is 0 Å². The van der Waals surface area contributed by atoms with Gasteiger partial charge in [-0.2, -0.15) is 5.10 Å². The van der Waals surface area contributed by atoms with E-state index in [1.165, 1.54) is 0 Å². The molecular weight excluding hydrogens is 436 g/mol. The first-order valence-corrected chi connectivity index (χ1v) is 11.2. The molecule has 1 saturated heterocycles. The van der Waals surface area contributed by atoms with Crippen molar-refractivity contribution >= 4 is 28.3 Å². The Balaban J connectivity index is 1.51. The highest BCUT2D eigenvalue weighted by Crippen LogP contribution is 2.34. The van der Waals surface area contributed by atoms with Crippen LogP contribution in [0.15, 0.2) is 41.1 Å². The summed E-state index contributed by atoms with van der Waals surface area (Å²) in [7, 11) is 1.58. The molecule has 176 valence electrons. The maximum Gasteiger partial charge on any atom is 0.256 e. The number of hydrogen-bond donors (Lipinski definition) is 2. The van der Waals surface area contributed by atoms with Crippen molar-refractivity contribution < 1.29 is 23.8 Å². The van der Waals surface area contributed by atoms with E-state index < -0.39 is 6.10 Å². The Labute approximate surface area is 195 Å². The SMILES string of the molecule is CNC(=O)c1c(C)oc2cc(Oc3ccnn4cc(C(=O)N5C[C@@H](O)C[C@H]5C)c(C)c34)ccc12. The number of furan rings is 1. The third kappa shape index (κ3) is 3.49. The molecule has 5 rings (SSSR count). The first-order chi connectivity index (χ1) is 16.3. The largest absolute Gasteiger partial charge is 0.460 e. The van der Waals surface area contributed by atoms with Gasteiger partial charge < -0.3 is 24.5 Å². The highest BCUT2D eigenvalue weighted by atomic mass is 16.5. The van der Waals surface area contributed by atoms with E-state index in [1.54, 1.807) is 60.0 Å². The number of ether oxygens (including phenoxy) is 1. The number of carbonyl (C=O) groups excluding carboxylic acids is 2. The molecule has 1 fully saturated rings. The number of aryl methyl sites for hydroxylation is 2. The van der Waals surface area contributed by atoms with Gasteiger partial charge in [0.15, 0.2) is 5.75 Å². The number of benzene rings is 1. The van der Waals surface area contributed by atoms with Gasteiger partial charge in [0, 0.05) is 43.4 Å². The maximum absolute atomic E-state index is 13.2. The summed E-state index contributed by atoms with van der Waals surface area (Å²) in [6.07, 6.45) is 3.38. The van der Waals surface area contributed by atoms with Crippen LogP contribution in [0.3, 0.4) is 0 Å². The summed E-state index contributed by atoms with van der Waals surface area (Å²) in [6, 6.07) is 7.02. The van der Waals surface area contributed by atoms with Crippen LogP contribution < -0.4 is 10.1 Å². The zero-order valence-electron chi connectivity index (χ0n) is 19.5. The van der Waals surface area contributed by atoms with Gasteiger partial charge in [-0.1, -0.05) is 0 Å². The Morgan fingerprint density at radius 2 is 2.06 bits per heavy atom. The lowest BCUT2D eigenvalue weighted by Gasteiger charge is -2.20. The summed E-state index contributed by atoms with van der Waals surface area (Å²) < 4.78 is 13.6. The Morgan fingerprint density at radius 1 is 1.26 bits per heavy atom. The van der Waals surface area contributed by atoms with Gasteiger partial charge in [0.2, 0.25) is 0 Å². The highest BCUT2D eigenvalue weighted by Gasteiger charge is 2.33. The molecule has 1 aromatic carbocycles. The maximum atomic E-state index is 13.2. The second kappa shape index (κ2) is 8.18. The van der Waals surface area contributed by atoms with Crippen molar-refractivity contribution in [2.75, 3.05) is 13.6 Å². The van der Waals surface area contributed by atoms with E-state index in [0.717, 1.165) is 5.56 Å². The van der Waals surface area contributed by atoms with E-state index in [-0.39, 0.29) is 17.9 Å². The van der Waals surface area contributed by atoms with Crippen LogP contribution in [0.4, 0.5) is 0 Å². The van der Waals surface area contributed by atoms with Crippen LogP contribution in [0.1, 0.15) is 45.4 Å². The van der Waals surface area contributed by atoms with Crippen LogP contribution in [0, 0.1) is 13.8 Å².